The quantitative estimate of drug-likeness (QED) is 0.605. The number of carbonyl (C=O) groups excluding carboxylic acids is 2. The lowest BCUT2D eigenvalue weighted by Crippen LogP contribution is -2.13. The van der Waals surface area contributed by atoms with Crippen molar-refractivity contribution >= 4 is 22.9 Å². The maximum atomic E-state index is 12.0. The largest absolute Gasteiger partial charge is 0.298 e. The summed E-state index contributed by atoms with van der Waals surface area (Å²) in [6.07, 6.45) is -0.0247. The summed E-state index contributed by atoms with van der Waals surface area (Å²) in [4.78, 5) is 24.9. The summed E-state index contributed by atoms with van der Waals surface area (Å²) < 4.78 is 0. The van der Waals surface area contributed by atoms with Crippen molar-refractivity contribution < 1.29 is 9.59 Å². The second-order valence-corrected chi connectivity index (χ2v) is 5.15. The molecule has 0 spiro atoms. The molecule has 0 aliphatic rings. The summed E-state index contributed by atoms with van der Waals surface area (Å²) in [7, 11) is 0. The Labute approximate surface area is 110 Å². The van der Waals surface area contributed by atoms with E-state index in [1.165, 1.54) is 0 Å². The zero-order valence-corrected chi connectivity index (χ0v) is 10.9. The molecule has 0 saturated heterocycles. The van der Waals surface area contributed by atoms with Gasteiger partial charge in [-0.3, -0.25) is 9.59 Å². The molecule has 0 saturated carbocycles. The summed E-state index contributed by atoms with van der Waals surface area (Å²) in [5.74, 6) is -0.326. The Morgan fingerprint density at radius 1 is 1.11 bits per heavy atom. The van der Waals surface area contributed by atoms with E-state index in [0.29, 0.717) is 5.56 Å². The number of ketones is 2. The van der Waals surface area contributed by atoms with Gasteiger partial charge in [0, 0.05) is 16.4 Å². The van der Waals surface area contributed by atoms with E-state index in [-0.39, 0.29) is 23.9 Å². The molecule has 0 amide bonds. The Morgan fingerprint density at radius 3 is 2.44 bits per heavy atom. The number of Topliss-reactive ketones (excluding diaryl/α,β-unsaturated/α-hetero) is 2. The van der Waals surface area contributed by atoms with Gasteiger partial charge in [-0.15, -0.1) is 11.3 Å². The molecule has 0 aliphatic heterocycles. The first-order valence-corrected chi connectivity index (χ1v) is 6.71. The van der Waals surface area contributed by atoms with E-state index in [1.807, 2.05) is 30.5 Å². The number of rotatable bonds is 5. The van der Waals surface area contributed by atoms with Crippen LogP contribution in [0.2, 0.25) is 0 Å². The predicted octanol–water partition coefficient (Wildman–Crippen LogP) is 3.69. The highest BCUT2D eigenvalue weighted by molar-refractivity contribution is 7.10. The average Bonchev–Trinajstić information content (AvgIpc) is 2.92. The molecule has 1 atom stereocenters. The summed E-state index contributed by atoms with van der Waals surface area (Å²) in [6, 6.07) is 12.8. The molecule has 2 nitrogen and oxygen atoms in total. The molecular formula is C15H14O2S. The Morgan fingerprint density at radius 2 is 1.83 bits per heavy atom. The number of thiophene rings is 1. The van der Waals surface area contributed by atoms with Crippen molar-refractivity contribution in [1.82, 2.24) is 0 Å². The predicted molar refractivity (Wildman–Crippen MR) is 73.1 cm³/mol. The van der Waals surface area contributed by atoms with Crippen LogP contribution in [0.15, 0.2) is 47.8 Å². The highest BCUT2D eigenvalue weighted by atomic mass is 32.1. The van der Waals surface area contributed by atoms with Gasteiger partial charge in [-0.1, -0.05) is 43.3 Å². The van der Waals surface area contributed by atoms with Crippen LogP contribution in [0.3, 0.4) is 0 Å². The van der Waals surface area contributed by atoms with Crippen LogP contribution in [-0.4, -0.2) is 11.6 Å². The summed E-state index contributed by atoms with van der Waals surface area (Å²) in [6.45, 7) is 1.85. The summed E-state index contributed by atoms with van der Waals surface area (Å²) >= 11 is 1.55. The fourth-order valence-electron chi connectivity index (χ4n) is 1.73. The molecule has 92 valence electrons. The van der Waals surface area contributed by atoms with Crippen LogP contribution in [-0.2, 0) is 4.79 Å². The lowest BCUT2D eigenvalue weighted by Gasteiger charge is -2.07. The molecular weight excluding hydrogens is 244 g/mol. The van der Waals surface area contributed by atoms with E-state index >= 15 is 0 Å². The van der Waals surface area contributed by atoms with Gasteiger partial charge >= 0.3 is 0 Å². The van der Waals surface area contributed by atoms with Crippen LogP contribution in [0.25, 0.3) is 0 Å². The normalized spacial score (nSPS) is 12.1. The van der Waals surface area contributed by atoms with Crippen LogP contribution in [0.4, 0.5) is 0 Å². The van der Waals surface area contributed by atoms with Crippen LogP contribution >= 0.6 is 11.3 Å². The van der Waals surface area contributed by atoms with Crippen LogP contribution in [0, 0.1) is 0 Å². The van der Waals surface area contributed by atoms with Crippen molar-refractivity contribution in [3.8, 4) is 0 Å². The third kappa shape index (κ3) is 2.93. The first kappa shape index (κ1) is 12.7. The first-order chi connectivity index (χ1) is 8.68. The van der Waals surface area contributed by atoms with E-state index in [2.05, 4.69) is 0 Å². The molecule has 1 aromatic carbocycles. The minimum Gasteiger partial charge on any atom is -0.298 e. The lowest BCUT2D eigenvalue weighted by molar-refractivity contribution is -0.119. The molecule has 3 heteroatoms. The highest BCUT2D eigenvalue weighted by Gasteiger charge is 2.19. The fraction of sp³-hybridized carbons (Fsp3) is 0.200. The number of benzene rings is 1. The monoisotopic (exact) mass is 258 g/mol. The zero-order valence-electron chi connectivity index (χ0n) is 10.1. The zero-order chi connectivity index (χ0) is 13.0. The van der Waals surface area contributed by atoms with Gasteiger partial charge < -0.3 is 0 Å². The topological polar surface area (TPSA) is 34.1 Å². The third-order valence-electron chi connectivity index (χ3n) is 2.88. The Bertz CT molecular complexity index is 529. The molecule has 0 fully saturated rings. The molecule has 2 rings (SSSR count). The molecule has 2 aromatic rings. The summed E-state index contributed by atoms with van der Waals surface area (Å²) in [5.41, 5.74) is 0.601. The highest BCUT2D eigenvalue weighted by Crippen LogP contribution is 2.23. The average molecular weight is 258 g/mol. The van der Waals surface area contributed by atoms with Crippen LogP contribution in [0.5, 0.6) is 0 Å². The lowest BCUT2D eigenvalue weighted by atomic mass is 9.97. The Kier molecular flexibility index (Phi) is 4.05. The number of hydrogen-bond acceptors (Lipinski definition) is 3. The minimum atomic E-state index is -0.197. The molecule has 0 bridgehead atoms. The Balaban J connectivity index is 2.02. The van der Waals surface area contributed by atoms with Crippen molar-refractivity contribution in [3.63, 3.8) is 0 Å². The fourth-order valence-corrected chi connectivity index (χ4v) is 2.54. The summed E-state index contributed by atoms with van der Waals surface area (Å²) in [5, 5.41) is 1.94. The van der Waals surface area contributed by atoms with Gasteiger partial charge in [0.15, 0.2) is 5.78 Å². The maximum absolute atomic E-state index is 12.0. The van der Waals surface area contributed by atoms with Crippen molar-refractivity contribution in [2.45, 2.75) is 19.3 Å². The van der Waals surface area contributed by atoms with E-state index in [9.17, 15) is 9.59 Å². The minimum absolute atomic E-state index is 0.0219. The molecule has 0 N–H and O–H groups in total. The molecule has 1 unspecified atom stereocenters. The Hall–Kier alpha value is -1.74. The van der Waals surface area contributed by atoms with E-state index in [4.69, 9.17) is 0 Å². The number of carbonyl (C=O) groups is 2. The van der Waals surface area contributed by atoms with Gasteiger partial charge in [0.2, 0.25) is 0 Å². The smallest absolute Gasteiger partial charge is 0.170 e. The SMILES string of the molecule is CC(C(=O)CC(=O)c1ccccc1)c1cccs1. The molecule has 0 radical (unpaired) electrons. The van der Waals surface area contributed by atoms with E-state index in [1.54, 1.807) is 35.6 Å². The van der Waals surface area contributed by atoms with Crippen LogP contribution < -0.4 is 0 Å². The van der Waals surface area contributed by atoms with Gasteiger partial charge in [-0.2, -0.15) is 0 Å². The first-order valence-electron chi connectivity index (χ1n) is 5.83. The molecule has 1 aromatic heterocycles. The van der Waals surface area contributed by atoms with Crippen molar-refractivity contribution in [2.75, 3.05) is 0 Å². The number of hydrogen-bond donors (Lipinski definition) is 0. The standard InChI is InChI=1S/C15H14O2S/c1-11(15-8-5-9-18-15)13(16)10-14(17)12-6-3-2-4-7-12/h2-9,11H,10H2,1H3. The van der Waals surface area contributed by atoms with Gasteiger partial charge in [0.05, 0.1) is 6.42 Å². The van der Waals surface area contributed by atoms with Crippen molar-refractivity contribution in [2.24, 2.45) is 0 Å². The molecule has 0 aliphatic carbocycles. The van der Waals surface area contributed by atoms with Gasteiger partial charge in [0.1, 0.15) is 5.78 Å². The molecule has 18 heavy (non-hydrogen) atoms. The third-order valence-corrected chi connectivity index (χ3v) is 3.94. The van der Waals surface area contributed by atoms with Crippen molar-refractivity contribution in [1.29, 1.82) is 0 Å². The molecule has 1 heterocycles. The van der Waals surface area contributed by atoms with E-state index in [0.717, 1.165) is 4.88 Å². The van der Waals surface area contributed by atoms with E-state index < -0.39 is 0 Å². The second kappa shape index (κ2) is 5.74. The maximum Gasteiger partial charge on any atom is 0.170 e. The second-order valence-electron chi connectivity index (χ2n) is 4.17. The van der Waals surface area contributed by atoms with Crippen molar-refractivity contribution in [3.05, 3.63) is 58.3 Å². The van der Waals surface area contributed by atoms with Gasteiger partial charge in [-0.05, 0) is 11.4 Å². The van der Waals surface area contributed by atoms with Gasteiger partial charge in [-0.25, -0.2) is 0 Å². The van der Waals surface area contributed by atoms with Crippen LogP contribution in [0.1, 0.15) is 34.5 Å². The van der Waals surface area contributed by atoms with Gasteiger partial charge in [0.25, 0.3) is 0 Å².